The fraction of sp³-hybridized carbons (Fsp3) is 0.810. The third kappa shape index (κ3) is 38.3. The zero-order valence-corrected chi connectivity index (χ0v) is 35.2. The van der Waals surface area contributed by atoms with Crippen molar-refractivity contribution in [3.05, 3.63) is 36.5 Å². The van der Waals surface area contributed by atoms with Crippen LogP contribution >= 0.6 is 7.82 Å². The van der Waals surface area contributed by atoms with Gasteiger partial charge in [0.05, 0.1) is 33.9 Å². The lowest BCUT2D eigenvalue weighted by Crippen LogP contribution is -2.37. The van der Waals surface area contributed by atoms with Crippen molar-refractivity contribution in [2.24, 2.45) is 0 Å². The molecular formula is C42H78NO9P. The Balaban J connectivity index is 4.50. The Kier molecular flexibility index (Phi) is 33.5. The monoisotopic (exact) mass is 772 g/mol. The SMILES string of the molecule is CCCCC/C=C\C=C\C(O)CCCCCCCC(=O)OC(COC(=O)CCCCCCC/C=C\CCCCCC)COP(=O)([O-])OCC[N+](C)(C)C. The topological polar surface area (TPSA) is 131 Å². The van der Waals surface area contributed by atoms with Gasteiger partial charge in [-0.25, -0.2) is 0 Å². The van der Waals surface area contributed by atoms with E-state index in [0.717, 1.165) is 64.2 Å². The summed E-state index contributed by atoms with van der Waals surface area (Å²) >= 11 is 0. The van der Waals surface area contributed by atoms with Gasteiger partial charge in [-0.15, -0.1) is 0 Å². The summed E-state index contributed by atoms with van der Waals surface area (Å²) in [5.41, 5.74) is 0. The maximum Gasteiger partial charge on any atom is 0.306 e. The molecule has 0 aliphatic rings. The number of phosphoric acid groups is 1. The molecule has 0 aliphatic carbocycles. The van der Waals surface area contributed by atoms with Crippen LogP contribution in [0, 0.1) is 0 Å². The second-order valence-corrected chi connectivity index (χ2v) is 16.6. The number of rotatable bonds is 37. The van der Waals surface area contributed by atoms with Crippen LogP contribution in [0.3, 0.4) is 0 Å². The first-order chi connectivity index (χ1) is 25.4. The van der Waals surface area contributed by atoms with Crippen molar-refractivity contribution in [3.63, 3.8) is 0 Å². The van der Waals surface area contributed by atoms with E-state index in [1.54, 1.807) is 0 Å². The molecule has 1 N–H and O–H groups in total. The molecular weight excluding hydrogens is 693 g/mol. The van der Waals surface area contributed by atoms with Crippen LogP contribution in [-0.2, 0) is 32.7 Å². The molecule has 0 amide bonds. The Morgan fingerprint density at radius 2 is 1.21 bits per heavy atom. The van der Waals surface area contributed by atoms with Crippen LogP contribution in [0.1, 0.15) is 162 Å². The van der Waals surface area contributed by atoms with E-state index in [-0.39, 0.29) is 26.1 Å². The number of carbonyl (C=O) groups excluding carboxylic acids is 2. The summed E-state index contributed by atoms with van der Waals surface area (Å²) in [6, 6.07) is 0. The molecule has 3 atom stereocenters. The Bertz CT molecular complexity index is 1020. The van der Waals surface area contributed by atoms with Crippen LogP contribution in [0.2, 0.25) is 0 Å². The minimum Gasteiger partial charge on any atom is -0.756 e. The minimum absolute atomic E-state index is 0.0499. The number of aliphatic hydroxyl groups excluding tert-OH is 1. The van der Waals surface area contributed by atoms with Gasteiger partial charge in [-0.3, -0.25) is 14.2 Å². The molecule has 0 spiro atoms. The van der Waals surface area contributed by atoms with Crippen molar-refractivity contribution in [2.45, 2.75) is 174 Å². The minimum atomic E-state index is -4.65. The summed E-state index contributed by atoms with van der Waals surface area (Å²) in [7, 11) is 1.10. The van der Waals surface area contributed by atoms with E-state index < -0.39 is 38.6 Å². The lowest BCUT2D eigenvalue weighted by molar-refractivity contribution is -0.870. The van der Waals surface area contributed by atoms with Gasteiger partial charge in [0.25, 0.3) is 7.82 Å². The largest absolute Gasteiger partial charge is 0.756 e. The first kappa shape index (κ1) is 51.2. The van der Waals surface area contributed by atoms with Gasteiger partial charge in [0.15, 0.2) is 6.10 Å². The summed E-state index contributed by atoms with van der Waals surface area (Å²) in [5, 5.41) is 10.2. The van der Waals surface area contributed by atoms with Crippen molar-refractivity contribution >= 4 is 19.8 Å². The Hall–Kier alpha value is -1.81. The van der Waals surface area contributed by atoms with Gasteiger partial charge in [-0.2, -0.15) is 0 Å². The van der Waals surface area contributed by atoms with Crippen molar-refractivity contribution < 1.29 is 47.2 Å². The van der Waals surface area contributed by atoms with Crippen LogP contribution in [0.5, 0.6) is 0 Å². The molecule has 0 fully saturated rings. The molecule has 0 bridgehead atoms. The number of quaternary nitrogens is 1. The molecule has 53 heavy (non-hydrogen) atoms. The van der Waals surface area contributed by atoms with Crippen LogP contribution < -0.4 is 4.89 Å². The van der Waals surface area contributed by atoms with Gasteiger partial charge in [0, 0.05) is 12.8 Å². The average molecular weight is 772 g/mol. The highest BCUT2D eigenvalue weighted by Crippen LogP contribution is 2.38. The molecule has 0 radical (unpaired) electrons. The number of carbonyl (C=O) groups is 2. The van der Waals surface area contributed by atoms with E-state index in [2.05, 4.69) is 32.1 Å². The third-order valence-electron chi connectivity index (χ3n) is 8.74. The highest BCUT2D eigenvalue weighted by molar-refractivity contribution is 7.45. The molecule has 0 aromatic heterocycles. The number of ether oxygens (including phenoxy) is 2. The van der Waals surface area contributed by atoms with Gasteiger partial charge in [0.1, 0.15) is 19.8 Å². The predicted molar refractivity (Wildman–Crippen MR) is 214 cm³/mol. The highest BCUT2D eigenvalue weighted by atomic mass is 31.2. The van der Waals surface area contributed by atoms with E-state index >= 15 is 0 Å². The van der Waals surface area contributed by atoms with Crippen LogP contribution in [0.4, 0.5) is 0 Å². The second kappa shape index (κ2) is 34.7. The Morgan fingerprint density at radius 1 is 0.679 bits per heavy atom. The number of likely N-dealkylation sites (N-methyl/N-ethyl adjacent to an activating group) is 1. The quantitative estimate of drug-likeness (QED) is 0.0164. The standard InChI is InChI=1S/C42H78NO9P/c1-6-8-10-12-14-15-16-17-18-19-21-25-29-33-41(45)49-37-40(38-51-53(47,48)50-36-35-43(3,4)5)52-42(46)34-30-26-22-24-28-32-39(44)31-27-23-20-13-11-9-7-2/h15-16,20,23,27,31,39-40,44H,6-14,17-19,21-22,24-26,28-30,32-38H2,1-5H3/b16-15-,23-20-,31-27+. The normalized spacial score (nSPS) is 14.6. The van der Waals surface area contributed by atoms with Crippen molar-refractivity contribution in [2.75, 3.05) is 47.5 Å². The number of allylic oxidation sites excluding steroid dienone is 5. The molecule has 0 aliphatic heterocycles. The smallest absolute Gasteiger partial charge is 0.306 e. The number of hydrogen-bond acceptors (Lipinski definition) is 9. The van der Waals surface area contributed by atoms with Crippen LogP contribution in [0.25, 0.3) is 0 Å². The van der Waals surface area contributed by atoms with E-state index in [1.807, 2.05) is 39.4 Å². The average Bonchev–Trinajstić information content (AvgIpc) is 3.10. The van der Waals surface area contributed by atoms with Gasteiger partial charge in [0.2, 0.25) is 0 Å². The van der Waals surface area contributed by atoms with Gasteiger partial charge in [-0.1, -0.05) is 127 Å². The highest BCUT2D eigenvalue weighted by Gasteiger charge is 2.21. The molecule has 3 unspecified atom stereocenters. The molecule has 10 nitrogen and oxygen atoms in total. The third-order valence-corrected chi connectivity index (χ3v) is 9.70. The van der Waals surface area contributed by atoms with Crippen molar-refractivity contribution in [1.82, 2.24) is 0 Å². The van der Waals surface area contributed by atoms with Gasteiger partial charge >= 0.3 is 11.9 Å². The molecule has 0 saturated heterocycles. The van der Waals surface area contributed by atoms with Crippen LogP contribution in [-0.4, -0.2) is 81.2 Å². The number of unbranched alkanes of at least 4 members (excludes halogenated alkanes) is 16. The zero-order chi connectivity index (χ0) is 39.5. The molecule has 310 valence electrons. The maximum absolute atomic E-state index is 12.6. The number of aliphatic hydroxyl groups is 1. The molecule has 0 aromatic carbocycles. The fourth-order valence-corrected chi connectivity index (χ4v) is 6.10. The number of hydrogen-bond donors (Lipinski definition) is 1. The van der Waals surface area contributed by atoms with E-state index in [9.17, 15) is 24.2 Å². The molecule has 0 heterocycles. The van der Waals surface area contributed by atoms with Crippen LogP contribution in [0.15, 0.2) is 36.5 Å². The number of phosphoric ester groups is 1. The zero-order valence-electron chi connectivity index (χ0n) is 34.3. The summed E-state index contributed by atoms with van der Waals surface area (Å²) in [5.74, 6) is -0.919. The predicted octanol–water partition coefficient (Wildman–Crippen LogP) is 9.69. The first-order valence-electron chi connectivity index (χ1n) is 20.8. The molecule has 0 aromatic rings. The first-order valence-corrected chi connectivity index (χ1v) is 22.3. The Labute approximate surface area is 324 Å². The fourth-order valence-electron chi connectivity index (χ4n) is 5.37. The Morgan fingerprint density at radius 3 is 1.85 bits per heavy atom. The molecule has 0 rings (SSSR count). The summed E-state index contributed by atoms with van der Waals surface area (Å²) in [6.07, 6.45) is 33.3. The van der Waals surface area contributed by atoms with E-state index in [1.165, 1.54) is 51.4 Å². The lowest BCUT2D eigenvalue weighted by Gasteiger charge is -2.28. The second-order valence-electron chi connectivity index (χ2n) is 15.2. The molecule has 0 saturated carbocycles. The van der Waals surface area contributed by atoms with E-state index in [4.69, 9.17) is 18.5 Å². The molecule has 11 heteroatoms. The van der Waals surface area contributed by atoms with Crippen molar-refractivity contribution in [3.8, 4) is 0 Å². The summed E-state index contributed by atoms with van der Waals surface area (Å²) in [6.45, 7) is 4.03. The van der Waals surface area contributed by atoms with Gasteiger partial charge < -0.3 is 33.0 Å². The maximum atomic E-state index is 12.6. The van der Waals surface area contributed by atoms with Crippen molar-refractivity contribution in [1.29, 1.82) is 0 Å². The number of nitrogens with zero attached hydrogens (tertiary/aromatic N) is 1. The lowest BCUT2D eigenvalue weighted by atomic mass is 10.1. The summed E-state index contributed by atoms with van der Waals surface area (Å²) in [4.78, 5) is 37.4. The summed E-state index contributed by atoms with van der Waals surface area (Å²) < 4.78 is 33.7. The number of esters is 2. The van der Waals surface area contributed by atoms with Gasteiger partial charge in [-0.05, 0) is 57.8 Å². The van der Waals surface area contributed by atoms with E-state index in [0.29, 0.717) is 30.3 Å².